The maximum Gasteiger partial charge on any atom is 0.193 e. The van der Waals surface area contributed by atoms with Gasteiger partial charge in [0.15, 0.2) is 17.3 Å². The van der Waals surface area contributed by atoms with Gasteiger partial charge in [0.05, 0.1) is 26.4 Å². The van der Waals surface area contributed by atoms with Gasteiger partial charge in [-0.15, -0.1) is 0 Å². The lowest BCUT2D eigenvalue weighted by atomic mass is 10.0. The average molecular weight is 525 g/mol. The van der Waals surface area contributed by atoms with Crippen LogP contribution in [-0.4, -0.2) is 32.2 Å². The molecule has 5 heteroatoms. The van der Waals surface area contributed by atoms with Crippen molar-refractivity contribution in [3.05, 3.63) is 53.1 Å². The largest absolute Gasteiger partial charge is 0.493 e. The standard InChI is InChI=1S/C33H48O5/c1-6-11-21-35-29-18-15-26(10-5)25-27(29)16-17-28(34)32-30(36-22-12-7-2)19-20-31(37-23-13-8-3)33(32)38-24-14-9-4/h15-20,25H,6-14,21-24H2,1-5H3/b17-16+. The van der Waals surface area contributed by atoms with Crippen molar-refractivity contribution in [3.8, 4) is 23.0 Å². The van der Waals surface area contributed by atoms with Crippen LogP contribution in [0.4, 0.5) is 0 Å². The summed E-state index contributed by atoms with van der Waals surface area (Å²) >= 11 is 0. The number of unbranched alkanes of at least 4 members (excludes halogenated alkanes) is 4. The molecule has 0 bridgehead atoms. The highest BCUT2D eigenvalue weighted by atomic mass is 16.5. The highest BCUT2D eigenvalue weighted by molar-refractivity contribution is 6.11. The molecule has 0 aliphatic carbocycles. The fourth-order valence-corrected chi connectivity index (χ4v) is 3.78. The van der Waals surface area contributed by atoms with Gasteiger partial charge in [0.1, 0.15) is 17.1 Å². The Morgan fingerprint density at radius 2 is 1.16 bits per heavy atom. The van der Waals surface area contributed by atoms with Crippen molar-refractivity contribution in [2.45, 2.75) is 92.4 Å². The van der Waals surface area contributed by atoms with Gasteiger partial charge in [0, 0.05) is 5.56 Å². The van der Waals surface area contributed by atoms with Crippen LogP contribution in [0.25, 0.3) is 6.08 Å². The molecule has 2 aromatic carbocycles. The maximum atomic E-state index is 13.8. The number of carbonyl (C=O) groups is 1. The van der Waals surface area contributed by atoms with Crippen LogP contribution in [-0.2, 0) is 6.42 Å². The summed E-state index contributed by atoms with van der Waals surface area (Å²) in [6.07, 6.45) is 12.2. The fourth-order valence-electron chi connectivity index (χ4n) is 3.78. The molecule has 0 amide bonds. The van der Waals surface area contributed by atoms with E-state index in [9.17, 15) is 4.79 Å². The molecule has 2 aromatic rings. The Bertz CT molecular complexity index is 995. The third-order valence-electron chi connectivity index (χ3n) is 6.24. The van der Waals surface area contributed by atoms with E-state index in [1.54, 1.807) is 6.08 Å². The van der Waals surface area contributed by atoms with Crippen molar-refractivity contribution in [1.29, 1.82) is 0 Å². The third kappa shape index (κ3) is 10.1. The number of ether oxygens (including phenoxy) is 4. The highest BCUT2D eigenvalue weighted by Gasteiger charge is 2.22. The van der Waals surface area contributed by atoms with Crippen molar-refractivity contribution in [2.75, 3.05) is 26.4 Å². The zero-order valence-corrected chi connectivity index (χ0v) is 24.3. The van der Waals surface area contributed by atoms with Gasteiger partial charge in [-0.25, -0.2) is 0 Å². The lowest BCUT2D eigenvalue weighted by molar-refractivity contribution is 0.103. The summed E-state index contributed by atoms with van der Waals surface area (Å²) < 4.78 is 24.4. The van der Waals surface area contributed by atoms with E-state index in [1.165, 1.54) is 5.56 Å². The Balaban J connectivity index is 2.48. The van der Waals surface area contributed by atoms with Crippen LogP contribution < -0.4 is 18.9 Å². The molecule has 210 valence electrons. The van der Waals surface area contributed by atoms with E-state index < -0.39 is 0 Å². The van der Waals surface area contributed by atoms with E-state index in [1.807, 2.05) is 24.3 Å². The summed E-state index contributed by atoms with van der Waals surface area (Å²) in [5, 5.41) is 0. The van der Waals surface area contributed by atoms with Gasteiger partial charge >= 0.3 is 0 Å². The Kier molecular flexibility index (Phi) is 15.1. The zero-order valence-electron chi connectivity index (χ0n) is 24.3. The molecule has 2 rings (SSSR count). The molecule has 0 N–H and O–H groups in total. The lowest BCUT2D eigenvalue weighted by Crippen LogP contribution is -2.10. The normalized spacial score (nSPS) is 11.1. The first kappa shape index (κ1) is 31.3. The van der Waals surface area contributed by atoms with Crippen molar-refractivity contribution in [2.24, 2.45) is 0 Å². The SMILES string of the molecule is CCCCOc1ccc(CC)cc1/C=C/C(=O)c1c(OCCCC)ccc(OCCCC)c1OCCCC. The van der Waals surface area contributed by atoms with Crippen LogP contribution >= 0.6 is 0 Å². The molecule has 0 fully saturated rings. The quantitative estimate of drug-likeness (QED) is 0.0983. The molecule has 0 saturated carbocycles. The van der Waals surface area contributed by atoms with Crippen LogP contribution in [0.15, 0.2) is 36.4 Å². The van der Waals surface area contributed by atoms with Gasteiger partial charge in [0.25, 0.3) is 0 Å². The van der Waals surface area contributed by atoms with Gasteiger partial charge in [-0.05, 0) is 74.1 Å². The van der Waals surface area contributed by atoms with E-state index in [-0.39, 0.29) is 5.78 Å². The molecule has 0 aliphatic rings. The van der Waals surface area contributed by atoms with E-state index in [0.717, 1.165) is 69.1 Å². The summed E-state index contributed by atoms with van der Waals surface area (Å²) in [6.45, 7) is 12.9. The molecular formula is C33H48O5. The summed E-state index contributed by atoms with van der Waals surface area (Å²) in [6, 6.07) is 9.87. The fraction of sp³-hybridized carbons (Fsp3) is 0.545. The highest BCUT2D eigenvalue weighted by Crippen LogP contribution is 2.39. The van der Waals surface area contributed by atoms with E-state index in [0.29, 0.717) is 49.2 Å². The monoisotopic (exact) mass is 524 g/mol. The zero-order chi connectivity index (χ0) is 27.6. The van der Waals surface area contributed by atoms with Crippen LogP contribution in [0.2, 0.25) is 0 Å². The summed E-state index contributed by atoms with van der Waals surface area (Å²) in [7, 11) is 0. The van der Waals surface area contributed by atoms with Gasteiger partial charge < -0.3 is 18.9 Å². The van der Waals surface area contributed by atoms with Crippen LogP contribution in [0.5, 0.6) is 23.0 Å². The molecule has 0 radical (unpaired) electrons. The van der Waals surface area contributed by atoms with Gasteiger partial charge in [-0.2, -0.15) is 0 Å². The minimum absolute atomic E-state index is 0.176. The number of aryl methyl sites for hydroxylation is 1. The second-order valence-electron chi connectivity index (χ2n) is 9.50. The van der Waals surface area contributed by atoms with E-state index in [2.05, 4.69) is 46.8 Å². The Morgan fingerprint density at radius 3 is 1.74 bits per heavy atom. The number of carbonyl (C=O) groups excluding carboxylic acids is 1. The van der Waals surface area contributed by atoms with Crippen LogP contribution in [0.1, 0.15) is 107 Å². The topological polar surface area (TPSA) is 54.0 Å². The van der Waals surface area contributed by atoms with E-state index >= 15 is 0 Å². The predicted molar refractivity (Wildman–Crippen MR) is 157 cm³/mol. The van der Waals surface area contributed by atoms with Crippen LogP contribution in [0, 0.1) is 0 Å². The Labute approximate surface area is 230 Å². The molecule has 0 saturated heterocycles. The van der Waals surface area contributed by atoms with Crippen LogP contribution in [0.3, 0.4) is 0 Å². The molecular weight excluding hydrogens is 476 g/mol. The van der Waals surface area contributed by atoms with Gasteiger partial charge in [0.2, 0.25) is 0 Å². The molecule has 0 spiro atoms. The minimum atomic E-state index is -0.176. The lowest BCUT2D eigenvalue weighted by Gasteiger charge is -2.19. The van der Waals surface area contributed by atoms with Crippen molar-refractivity contribution < 1.29 is 23.7 Å². The second kappa shape index (κ2) is 18.3. The minimum Gasteiger partial charge on any atom is -0.493 e. The van der Waals surface area contributed by atoms with Crippen molar-refractivity contribution >= 4 is 11.9 Å². The van der Waals surface area contributed by atoms with Crippen molar-refractivity contribution in [3.63, 3.8) is 0 Å². The number of benzene rings is 2. The predicted octanol–water partition coefficient (Wildman–Crippen LogP) is 8.86. The second-order valence-corrected chi connectivity index (χ2v) is 9.50. The molecule has 0 atom stereocenters. The molecule has 5 nitrogen and oxygen atoms in total. The van der Waals surface area contributed by atoms with Crippen molar-refractivity contribution in [1.82, 2.24) is 0 Å². The van der Waals surface area contributed by atoms with Gasteiger partial charge in [-0.3, -0.25) is 4.79 Å². The Morgan fingerprint density at radius 1 is 0.658 bits per heavy atom. The number of allylic oxidation sites excluding steroid dienone is 1. The summed E-state index contributed by atoms with van der Waals surface area (Å²) in [4.78, 5) is 13.8. The number of ketones is 1. The first-order valence-corrected chi connectivity index (χ1v) is 14.6. The average Bonchev–Trinajstić information content (AvgIpc) is 2.93. The Hall–Kier alpha value is -2.95. The molecule has 0 aliphatic heterocycles. The summed E-state index contributed by atoms with van der Waals surface area (Å²) in [5.74, 6) is 2.20. The first-order chi connectivity index (χ1) is 18.6. The molecule has 38 heavy (non-hydrogen) atoms. The van der Waals surface area contributed by atoms with E-state index in [4.69, 9.17) is 18.9 Å². The third-order valence-corrected chi connectivity index (χ3v) is 6.24. The molecule has 0 heterocycles. The first-order valence-electron chi connectivity index (χ1n) is 14.6. The molecule has 0 unspecified atom stereocenters. The smallest absolute Gasteiger partial charge is 0.193 e. The maximum absolute atomic E-state index is 13.8. The number of hydrogen-bond donors (Lipinski definition) is 0. The number of hydrogen-bond acceptors (Lipinski definition) is 5. The summed E-state index contributed by atoms with van der Waals surface area (Å²) in [5.41, 5.74) is 2.51. The van der Waals surface area contributed by atoms with Gasteiger partial charge in [-0.1, -0.05) is 66.4 Å². The molecule has 0 aromatic heterocycles. The number of rotatable bonds is 20.